The standard InChI is InChI=1S/C26H34IN3O5/c27-35-18-7-5-16(6-8-18)14-28-21-3-1-2-4-23(21)34-19-9-10-20-17(13-19)15-30(26(20)33)22-11-12-24(31)29-25(22)32/h9-10,13,16,18,21-23,28H,1-8,11-12,14-15H2,(H,29,31,32)/t16?,18?,21-,22?,23-/m0/s1. The molecule has 2 aliphatic carbocycles. The second-order valence-electron chi connectivity index (χ2n) is 10.4. The molecule has 2 N–H and O–H groups in total. The first-order valence-electron chi connectivity index (χ1n) is 13.0. The normalized spacial score (nSPS) is 31.3. The number of benzene rings is 1. The Kier molecular flexibility index (Phi) is 7.93. The molecule has 1 aromatic carbocycles. The van der Waals surface area contributed by atoms with Gasteiger partial charge in [-0.05, 0) is 87.6 Å². The molecule has 5 rings (SSSR count). The van der Waals surface area contributed by atoms with Gasteiger partial charge in [-0.15, -0.1) is 0 Å². The van der Waals surface area contributed by atoms with E-state index < -0.39 is 6.04 Å². The van der Waals surface area contributed by atoms with Crippen molar-refractivity contribution >= 4 is 40.7 Å². The van der Waals surface area contributed by atoms with Crippen molar-refractivity contribution in [3.63, 3.8) is 0 Å². The Bertz CT molecular complexity index is 964. The summed E-state index contributed by atoms with van der Waals surface area (Å²) in [6.45, 7) is 1.39. The molecule has 1 unspecified atom stereocenters. The maximum Gasteiger partial charge on any atom is 0.255 e. The molecule has 9 heteroatoms. The van der Waals surface area contributed by atoms with Gasteiger partial charge in [0.2, 0.25) is 11.8 Å². The van der Waals surface area contributed by atoms with E-state index in [-0.39, 0.29) is 30.2 Å². The van der Waals surface area contributed by atoms with E-state index in [0.717, 1.165) is 50.0 Å². The first-order chi connectivity index (χ1) is 17.0. The molecule has 1 aromatic rings. The van der Waals surface area contributed by atoms with Gasteiger partial charge >= 0.3 is 0 Å². The van der Waals surface area contributed by atoms with E-state index in [2.05, 4.69) is 10.6 Å². The lowest BCUT2D eigenvalue weighted by Crippen LogP contribution is -2.52. The lowest BCUT2D eigenvalue weighted by molar-refractivity contribution is -0.136. The number of amides is 3. The summed E-state index contributed by atoms with van der Waals surface area (Å²) in [6.07, 6.45) is 10.4. The minimum absolute atomic E-state index is 0.110. The van der Waals surface area contributed by atoms with Crippen LogP contribution in [-0.4, -0.2) is 53.5 Å². The average Bonchev–Trinajstić information content (AvgIpc) is 3.19. The number of halogens is 1. The topological polar surface area (TPSA) is 97.0 Å². The van der Waals surface area contributed by atoms with Crippen molar-refractivity contribution in [1.82, 2.24) is 15.5 Å². The molecular formula is C26H34IN3O5. The minimum Gasteiger partial charge on any atom is -0.489 e. The smallest absolute Gasteiger partial charge is 0.255 e. The number of ether oxygens (including phenoxy) is 1. The van der Waals surface area contributed by atoms with Crippen molar-refractivity contribution in [3.05, 3.63) is 29.3 Å². The lowest BCUT2D eigenvalue weighted by Gasteiger charge is -2.35. The second kappa shape index (κ2) is 11.1. The molecule has 2 saturated carbocycles. The summed E-state index contributed by atoms with van der Waals surface area (Å²) in [6, 6.07) is 5.38. The Balaban J connectivity index is 1.19. The number of nitrogens with zero attached hydrogens (tertiary/aromatic N) is 1. The van der Waals surface area contributed by atoms with Crippen LogP contribution in [0.2, 0.25) is 0 Å². The van der Waals surface area contributed by atoms with Gasteiger partial charge in [-0.25, -0.2) is 0 Å². The SMILES string of the molecule is O=C1CCC(N2Cc3cc(O[C@H]4CCCC[C@@H]4NCC4CCC(OI)CC4)ccc3C2=O)C(=O)N1. The zero-order valence-corrected chi connectivity index (χ0v) is 22.1. The maximum atomic E-state index is 13.0. The molecule has 3 amide bonds. The summed E-state index contributed by atoms with van der Waals surface area (Å²) < 4.78 is 12.0. The Morgan fingerprint density at radius 1 is 1.03 bits per heavy atom. The maximum absolute atomic E-state index is 13.0. The number of hydrogen-bond acceptors (Lipinski definition) is 6. The highest BCUT2D eigenvalue weighted by atomic mass is 127. The van der Waals surface area contributed by atoms with Crippen LogP contribution in [0.5, 0.6) is 5.75 Å². The first kappa shape index (κ1) is 25.0. The summed E-state index contributed by atoms with van der Waals surface area (Å²) >= 11 is 2.03. The minimum atomic E-state index is -0.595. The summed E-state index contributed by atoms with van der Waals surface area (Å²) in [5.41, 5.74) is 1.50. The third-order valence-electron chi connectivity index (χ3n) is 8.07. The summed E-state index contributed by atoms with van der Waals surface area (Å²) in [7, 11) is 0. The number of piperidine rings is 1. The van der Waals surface area contributed by atoms with Gasteiger partial charge in [0.25, 0.3) is 5.91 Å². The molecule has 2 heterocycles. The van der Waals surface area contributed by atoms with Crippen molar-refractivity contribution in [2.45, 2.75) is 95.0 Å². The molecule has 35 heavy (non-hydrogen) atoms. The van der Waals surface area contributed by atoms with Crippen LogP contribution in [0.15, 0.2) is 18.2 Å². The predicted molar refractivity (Wildman–Crippen MR) is 138 cm³/mol. The van der Waals surface area contributed by atoms with Crippen LogP contribution in [0.1, 0.15) is 80.1 Å². The molecule has 1 saturated heterocycles. The van der Waals surface area contributed by atoms with Gasteiger partial charge in [-0.2, -0.15) is 0 Å². The summed E-state index contributed by atoms with van der Waals surface area (Å²) in [4.78, 5) is 38.3. The molecule has 0 radical (unpaired) electrons. The van der Waals surface area contributed by atoms with E-state index in [4.69, 9.17) is 7.80 Å². The van der Waals surface area contributed by atoms with Crippen LogP contribution in [0.25, 0.3) is 0 Å². The van der Waals surface area contributed by atoms with Gasteiger partial charge in [0, 0.05) is 24.6 Å². The van der Waals surface area contributed by atoms with Crippen molar-refractivity contribution < 1.29 is 22.2 Å². The first-order valence-corrected chi connectivity index (χ1v) is 13.8. The zero-order chi connectivity index (χ0) is 24.4. The predicted octanol–water partition coefficient (Wildman–Crippen LogP) is 3.65. The number of nitrogens with one attached hydrogen (secondary N) is 2. The molecule has 0 bridgehead atoms. The van der Waals surface area contributed by atoms with E-state index in [1.807, 2.05) is 41.2 Å². The van der Waals surface area contributed by atoms with Crippen molar-refractivity contribution in [2.75, 3.05) is 6.54 Å². The zero-order valence-electron chi connectivity index (χ0n) is 20.0. The largest absolute Gasteiger partial charge is 0.489 e. The molecule has 190 valence electrons. The van der Waals surface area contributed by atoms with Crippen molar-refractivity contribution in [3.8, 4) is 5.75 Å². The van der Waals surface area contributed by atoms with E-state index >= 15 is 0 Å². The summed E-state index contributed by atoms with van der Waals surface area (Å²) in [5, 5.41) is 6.17. The van der Waals surface area contributed by atoms with Crippen LogP contribution in [0, 0.1) is 5.92 Å². The number of carbonyl (C=O) groups is 3. The third-order valence-corrected chi connectivity index (χ3v) is 8.79. The highest BCUT2D eigenvalue weighted by molar-refractivity contribution is 14.1. The Hall–Kier alpha value is -1.72. The van der Waals surface area contributed by atoms with E-state index in [9.17, 15) is 14.4 Å². The Labute approximate surface area is 220 Å². The highest BCUT2D eigenvalue weighted by Gasteiger charge is 2.39. The number of carbonyl (C=O) groups excluding carboxylic acids is 3. The molecule has 8 nitrogen and oxygen atoms in total. The Morgan fingerprint density at radius 2 is 1.83 bits per heavy atom. The van der Waals surface area contributed by atoms with Crippen molar-refractivity contribution in [2.24, 2.45) is 5.92 Å². The van der Waals surface area contributed by atoms with Gasteiger partial charge in [-0.1, -0.05) is 6.42 Å². The molecular weight excluding hydrogens is 561 g/mol. The molecule has 0 spiro atoms. The second-order valence-corrected chi connectivity index (χ2v) is 10.9. The monoisotopic (exact) mass is 595 g/mol. The fourth-order valence-electron chi connectivity index (χ4n) is 6.01. The van der Waals surface area contributed by atoms with Crippen LogP contribution in [-0.2, 0) is 19.2 Å². The molecule has 2 aliphatic heterocycles. The quantitative estimate of drug-likeness (QED) is 0.369. The van der Waals surface area contributed by atoms with Gasteiger partial charge in [0.1, 0.15) is 40.9 Å². The van der Waals surface area contributed by atoms with Gasteiger partial charge in [-0.3, -0.25) is 19.7 Å². The number of rotatable bonds is 7. The molecule has 4 aliphatic rings. The highest BCUT2D eigenvalue weighted by Crippen LogP contribution is 2.32. The van der Waals surface area contributed by atoms with Gasteiger partial charge in [0.05, 0.1) is 6.10 Å². The van der Waals surface area contributed by atoms with Crippen LogP contribution >= 0.6 is 23.0 Å². The van der Waals surface area contributed by atoms with Gasteiger partial charge < -0.3 is 18.0 Å². The number of imide groups is 1. The van der Waals surface area contributed by atoms with E-state index in [1.54, 1.807) is 4.90 Å². The van der Waals surface area contributed by atoms with E-state index in [1.165, 1.54) is 19.3 Å². The van der Waals surface area contributed by atoms with E-state index in [0.29, 0.717) is 36.6 Å². The molecule has 3 atom stereocenters. The molecule has 3 fully saturated rings. The number of fused-ring (bicyclic) bond motifs is 1. The fraction of sp³-hybridized carbons (Fsp3) is 0.654. The third kappa shape index (κ3) is 5.67. The average molecular weight is 595 g/mol. The number of hydrogen-bond donors (Lipinski definition) is 2. The van der Waals surface area contributed by atoms with Crippen molar-refractivity contribution in [1.29, 1.82) is 0 Å². The van der Waals surface area contributed by atoms with Gasteiger partial charge in [0.15, 0.2) is 0 Å². The van der Waals surface area contributed by atoms with Crippen LogP contribution in [0.4, 0.5) is 0 Å². The van der Waals surface area contributed by atoms with Crippen LogP contribution in [0.3, 0.4) is 0 Å². The summed E-state index contributed by atoms with van der Waals surface area (Å²) in [5.74, 6) is 0.667. The lowest BCUT2D eigenvalue weighted by atomic mass is 9.86. The van der Waals surface area contributed by atoms with Crippen LogP contribution < -0.4 is 15.4 Å². The fourth-order valence-corrected chi connectivity index (χ4v) is 6.52. The Morgan fingerprint density at radius 3 is 2.60 bits per heavy atom. The molecule has 0 aromatic heterocycles.